The minimum atomic E-state index is -0.540. The Morgan fingerprint density at radius 1 is 1.69 bits per heavy atom. The highest BCUT2D eigenvalue weighted by Crippen LogP contribution is 2.07. The molecule has 2 N–H and O–H groups in total. The highest BCUT2D eigenvalue weighted by Gasteiger charge is 2.26. The van der Waals surface area contributed by atoms with Gasteiger partial charge in [0, 0.05) is 0 Å². The van der Waals surface area contributed by atoms with E-state index in [4.69, 9.17) is 6.42 Å². The highest BCUT2D eigenvalue weighted by atomic mass is 16.2. The lowest BCUT2D eigenvalue weighted by Crippen LogP contribution is -2.49. The Kier molecular flexibility index (Phi) is 2.94. The van der Waals surface area contributed by atoms with Crippen LogP contribution in [0.5, 0.6) is 0 Å². The lowest BCUT2D eigenvalue weighted by atomic mass is 10.1. The van der Waals surface area contributed by atoms with Gasteiger partial charge in [-0.1, -0.05) is 5.92 Å². The standard InChI is InChI=1S/C10H16N2O/c1-4-10(2,3)12-9(13)8-6-5-7-11-8/h1,8,11H,5-7H2,2-3H3,(H,12,13)/t8-/m0/s1. The fraction of sp³-hybridized carbons (Fsp3) is 0.700. The van der Waals surface area contributed by atoms with Crippen LogP contribution in [-0.2, 0) is 4.79 Å². The number of terminal acetylenes is 1. The molecule has 0 bridgehead atoms. The molecule has 1 fully saturated rings. The summed E-state index contributed by atoms with van der Waals surface area (Å²) >= 11 is 0. The normalized spacial score (nSPS) is 22.4. The molecule has 13 heavy (non-hydrogen) atoms. The third-order valence-corrected chi connectivity index (χ3v) is 2.17. The van der Waals surface area contributed by atoms with Gasteiger partial charge in [0.15, 0.2) is 0 Å². The Morgan fingerprint density at radius 3 is 2.85 bits per heavy atom. The summed E-state index contributed by atoms with van der Waals surface area (Å²) in [6.07, 6.45) is 7.24. The number of hydrogen-bond donors (Lipinski definition) is 2. The first-order valence-electron chi connectivity index (χ1n) is 4.58. The Morgan fingerprint density at radius 2 is 2.38 bits per heavy atom. The van der Waals surface area contributed by atoms with Gasteiger partial charge in [0.25, 0.3) is 0 Å². The maximum atomic E-state index is 11.6. The van der Waals surface area contributed by atoms with Crippen molar-refractivity contribution in [1.29, 1.82) is 0 Å². The van der Waals surface area contributed by atoms with Crippen LogP contribution in [-0.4, -0.2) is 24.0 Å². The maximum absolute atomic E-state index is 11.6. The molecule has 3 heteroatoms. The number of carbonyl (C=O) groups is 1. The first-order chi connectivity index (χ1) is 6.05. The SMILES string of the molecule is C#CC(C)(C)NC(=O)[C@@H]1CCCN1. The van der Waals surface area contributed by atoms with Crippen molar-refractivity contribution in [2.45, 2.75) is 38.3 Å². The molecule has 72 valence electrons. The molecule has 0 unspecified atom stereocenters. The van der Waals surface area contributed by atoms with E-state index in [0.29, 0.717) is 0 Å². The predicted octanol–water partition coefficient (Wildman–Crippen LogP) is 0.266. The highest BCUT2D eigenvalue weighted by molar-refractivity contribution is 5.83. The summed E-state index contributed by atoms with van der Waals surface area (Å²) in [5.41, 5.74) is -0.540. The summed E-state index contributed by atoms with van der Waals surface area (Å²) in [5, 5.41) is 5.93. The number of hydrogen-bond acceptors (Lipinski definition) is 2. The number of rotatable bonds is 2. The molecule has 1 rings (SSSR count). The van der Waals surface area contributed by atoms with Crippen LogP contribution in [0, 0.1) is 12.3 Å². The maximum Gasteiger partial charge on any atom is 0.238 e. The van der Waals surface area contributed by atoms with Crippen molar-refractivity contribution in [3.63, 3.8) is 0 Å². The third kappa shape index (κ3) is 2.74. The molecule has 0 aliphatic carbocycles. The van der Waals surface area contributed by atoms with E-state index in [1.165, 1.54) is 0 Å². The molecule has 0 aromatic heterocycles. The van der Waals surface area contributed by atoms with E-state index in [1.54, 1.807) is 0 Å². The van der Waals surface area contributed by atoms with Crippen LogP contribution in [0.4, 0.5) is 0 Å². The molecule has 0 aromatic carbocycles. The molecule has 1 aliphatic rings. The molecule has 1 atom stereocenters. The van der Waals surface area contributed by atoms with E-state index in [2.05, 4.69) is 16.6 Å². The molecule has 0 radical (unpaired) electrons. The lowest BCUT2D eigenvalue weighted by molar-refractivity contribution is -0.123. The van der Waals surface area contributed by atoms with Gasteiger partial charge in [0.05, 0.1) is 11.6 Å². The topological polar surface area (TPSA) is 41.1 Å². The van der Waals surface area contributed by atoms with E-state index < -0.39 is 5.54 Å². The Labute approximate surface area is 79.3 Å². The molecular formula is C10H16N2O. The third-order valence-electron chi connectivity index (χ3n) is 2.17. The summed E-state index contributed by atoms with van der Waals surface area (Å²) in [4.78, 5) is 11.6. The van der Waals surface area contributed by atoms with Crippen molar-refractivity contribution in [2.75, 3.05) is 6.54 Å². The summed E-state index contributed by atoms with van der Waals surface area (Å²) < 4.78 is 0. The van der Waals surface area contributed by atoms with Crippen LogP contribution < -0.4 is 10.6 Å². The first-order valence-corrected chi connectivity index (χ1v) is 4.58. The zero-order chi connectivity index (χ0) is 9.90. The van der Waals surface area contributed by atoms with Crippen LogP contribution in [0.25, 0.3) is 0 Å². The van der Waals surface area contributed by atoms with E-state index in [1.807, 2.05) is 13.8 Å². The average molecular weight is 180 g/mol. The van der Waals surface area contributed by atoms with Crippen LogP contribution in [0.1, 0.15) is 26.7 Å². The monoisotopic (exact) mass is 180 g/mol. The van der Waals surface area contributed by atoms with Gasteiger partial charge in [0.1, 0.15) is 0 Å². The van der Waals surface area contributed by atoms with Crippen molar-refractivity contribution < 1.29 is 4.79 Å². The van der Waals surface area contributed by atoms with Gasteiger partial charge in [-0.15, -0.1) is 6.42 Å². The zero-order valence-electron chi connectivity index (χ0n) is 8.18. The second kappa shape index (κ2) is 3.80. The van der Waals surface area contributed by atoms with Gasteiger partial charge < -0.3 is 10.6 Å². The van der Waals surface area contributed by atoms with Crippen LogP contribution in [0.2, 0.25) is 0 Å². The van der Waals surface area contributed by atoms with Gasteiger partial charge in [-0.25, -0.2) is 0 Å². The fourth-order valence-corrected chi connectivity index (χ4v) is 1.34. The van der Waals surface area contributed by atoms with E-state index in [0.717, 1.165) is 19.4 Å². The first kappa shape index (κ1) is 10.1. The predicted molar refractivity (Wildman–Crippen MR) is 52.1 cm³/mol. The minimum Gasteiger partial charge on any atom is -0.339 e. The van der Waals surface area contributed by atoms with Gasteiger partial charge in [0.2, 0.25) is 5.91 Å². The Balaban J connectivity index is 2.45. The molecule has 1 amide bonds. The Hall–Kier alpha value is -1.01. The molecule has 0 saturated carbocycles. The molecule has 0 spiro atoms. The fourth-order valence-electron chi connectivity index (χ4n) is 1.34. The molecule has 1 heterocycles. The van der Waals surface area contributed by atoms with E-state index in [-0.39, 0.29) is 11.9 Å². The minimum absolute atomic E-state index is 0.0143. The summed E-state index contributed by atoms with van der Waals surface area (Å²) in [7, 11) is 0. The summed E-state index contributed by atoms with van der Waals surface area (Å²) in [6.45, 7) is 4.56. The average Bonchev–Trinajstić information content (AvgIpc) is 2.55. The van der Waals surface area contributed by atoms with Crippen molar-refractivity contribution >= 4 is 5.91 Å². The van der Waals surface area contributed by atoms with Gasteiger partial charge in [-0.2, -0.15) is 0 Å². The molecular weight excluding hydrogens is 164 g/mol. The number of carbonyl (C=O) groups excluding carboxylic acids is 1. The summed E-state index contributed by atoms with van der Waals surface area (Å²) in [6, 6.07) is -0.0485. The molecule has 1 saturated heterocycles. The zero-order valence-corrected chi connectivity index (χ0v) is 8.18. The smallest absolute Gasteiger partial charge is 0.238 e. The van der Waals surface area contributed by atoms with E-state index >= 15 is 0 Å². The van der Waals surface area contributed by atoms with Gasteiger partial charge >= 0.3 is 0 Å². The second-order valence-electron chi connectivity index (χ2n) is 3.91. The van der Waals surface area contributed by atoms with Gasteiger partial charge in [-0.3, -0.25) is 4.79 Å². The van der Waals surface area contributed by atoms with Crippen molar-refractivity contribution in [3.05, 3.63) is 0 Å². The summed E-state index contributed by atoms with van der Waals surface area (Å²) in [5.74, 6) is 2.55. The largest absolute Gasteiger partial charge is 0.339 e. The van der Waals surface area contributed by atoms with E-state index in [9.17, 15) is 4.79 Å². The molecule has 0 aromatic rings. The number of nitrogens with one attached hydrogen (secondary N) is 2. The van der Waals surface area contributed by atoms with Crippen molar-refractivity contribution in [3.8, 4) is 12.3 Å². The van der Waals surface area contributed by atoms with Crippen LogP contribution in [0.3, 0.4) is 0 Å². The second-order valence-corrected chi connectivity index (χ2v) is 3.91. The van der Waals surface area contributed by atoms with Crippen molar-refractivity contribution in [2.24, 2.45) is 0 Å². The molecule has 3 nitrogen and oxygen atoms in total. The Bertz CT molecular complexity index is 234. The molecule has 1 aliphatic heterocycles. The van der Waals surface area contributed by atoms with Crippen LogP contribution in [0.15, 0.2) is 0 Å². The van der Waals surface area contributed by atoms with Gasteiger partial charge in [-0.05, 0) is 33.2 Å². The van der Waals surface area contributed by atoms with Crippen LogP contribution >= 0.6 is 0 Å². The van der Waals surface area contributed by atoms with Crippen molar-refractivity contribution in [1.82, 2.24) is 10.6 Å². The number of amides is 1. The quantitative estimate of drug-likeness (QED) is 0.599. The lowest BCUT2D eigenvalue weighted by Gasteiger charge is -2.22.